The number of halogens is 3. The van der Waals surface area contributed by atoms with E-state index in [1.54, 1.807) is 17.8 Å². The molecule has 2 aromatic rings. The van der Waals surface area contributed by atoms with Crippen LogP contribution >= 0.6 is 35.0 Å². The van der Waals surface area contributed by atoms with Crippen LogP contribution in [0.2, 0.25) is 10.0 Å². The first-order valence-corrected chi connectivity index (χ1v) is 8.33. The minimum atomic E-state index is -0.261. The normalized spacial score (nSPS) is 12.4. The third-order valence-corrected chi connectivity index (χ3v) is 5.21. The molecule has 0 radical (unpaired) electrons. The Balaban J connectivity index is 2.00. The van der Waals surface area contributed by atoms with Crippen molar-refractivity contribution in [1.82, 2.24) is 5.32 Å². The SMILES string of the molecule is CNC(CSc1ccccc1Cl)Cc1cc(F)ccc1Cl. The van der Waals surface area contributed by atoms with Crippen molar-refractivity contribution in [2.45, 2.75) is 17.4 Å². The zero-order valence-corrected chi connectivity index (χ0v) is 13.9. The Bertz CT molecular complexity index is 607. The Labute approximate surface area is 138 Å². The standard InChI is InChI=1S/C16H16Cl2FNS/c1-20-13(9-11-8-12(19)6-7-14(11)17)10-21-16-5-3-2-4-15(16)18/h2-8,13,20H,9-10H2,1H3. The van der Waals surface area contributed by atoms with Crippen molar-refractivity contribution < 1.29 is 4.39 Å². The van der Waals surface area contributed by atoms with Crippen LogP contribution in [0.4, 0.5) is 4.39 Å². The summed E-state index contributed by atoms with van der Waals surface area (Å²) in [6, 6.07) is 12.4. The lowest BCUT2D eigenvalue weighted by atomic mass is 10.1. The van der Waals surface area contributed by atoms with Gasteiger partial charge in [0.2, 0.25) is 0 Å². The molecule has 0 amide bonds. The maximum atomic E-state index is 13.3. The van der Waals surface area contributed by atoms with Gasteiger partial charge in [-0.25, -0.2) is 4.39 Å². The lowest BCUT2D eigenvalue weighted by Gasteiger charge is -2.17. The Morgan fingerprint density at radius 2 is 1.90 bits per heavy atom. The minimum Gasteiger partial charge on any atom is -0.316 e. The van der Waals surface area contributed by atoms with Crippen molar-refractivity contribution >= 4 is 35.0 Å². The Hall–Kier alpha value is -0.740. The molecule has 5 heteroatoms. The summed E-state index contributed by atoms with van der Waals surface area (Å²) >= 11 is 13.9. The lowest BCUT2D eigenvalue weighted by Crippen LogP contribution is -2.30. The summed E-state index contributed by atoms with van der Waals surface area (Å²) < 4.78 is 13.3. The van der Waals surface area contributed by atoms with Gasteiger partial charge in [0.15, 0.2) is 0 Å². The summed E-state index contributed by atoms with van der Waals surface area (Å²) in [5.41, 5.74) is 0.816. The Morgan fingerprint density at radius 1 is 1.14 bits per heavy atom. The van der Waals surface area contributed by atoms with Gasteiger partial charge >= 0.3 is 0 Å². The molecule has 0 aliphatic heterocycles. The molecular formula is C16H16Cl2FNS. The highest BCUT2D eigenvalue weighted by Gasteiger charge is 2.12. The fourth-order valence-electron chi connectivity index (χ4n) is 1.96. The molecule has 0 aromatic heterocycles. The van der Waals surface area contributed by atoms with Crippen LogP contribution in [0.5, 0.6) is 0 Å². The van der Waals surface area contributed by atoms with E-state index in [1.165, 1.54) is 12.1 Å². The molecular weight excluding hydrogens is 328 g/mol. The summed E-state index contributed by atoms with van der Waals surface area (Å²) in [5, 5.41) is 4.59. The summed E-state index contributed by atoms with van der Waals surface area (Å²) in [4.78, 5) is 1.05. The van der Waals surface area contributed by atoms with Crippen LogP contribution < -0.4 is 5.32 Å². The van der Waals surface area contributed by atoms with Crippen molar-refractivity contribution in [1.29, 1.82) is 0 Å². The van der Waals surface area contributed by atoms with Crippen LogP contribution in [0, 0.1) is 5.82 Å². The second-order valence-corrected chi connectivity index (χ2v) is 6.54. The monoisotopic (exact) mass is 343 g/mol. The average molecular weight is 344 g/mol. The summed E-state index contributed by atoms with van der Waals surface area (Å²) in [5.74, 6) is 0.565. The molecule has 1 N–H and O–H groups in total. The zero-order valence-electron chi connectivity index (χ0n) is 11.6. The van der Waals surface area contributed by atoms with Crippen molar-refractivity contribution in [3.05, 3.63) is 63.9 Å². The first-order valence-electron chi connectivity index (χ1n) is 6.58. The third-order valence-electron chi connectivity index (χ3n) is 3.16. The van der Waals surface area contributed by atoms with Crippen molar-refractivity contribution in [3.63, 3.8) is 0 Å². The van der Waals surface area contributed by atoms with E-state index in [-0.39, 0.29) is 11.9 Å². The van der Waals surface area contributed by atoms with Gasteiger partial charge in [-0.2, -0.15) is 0 Å². The molecule has 0 saturated carbocycles. The average Bonchev–Trinajstić information content (AvgIpc) is 2.48. The summed E-state index contributed by atoms with van der Waals surface area (Å²) in [7, 11) is 1.89. The van der Waals surface area contributed by atoms with Gasteiger partial charge in [0, 0.05) is 21.7 Å². The maximum Gasteiger partial charge on any atom is 0.123 e. The van der Waals surface area contributed by atoms with Crippen LogP contribution in [0.1, 0.15) is 5.56 Å². The van der Waals surface area contributed by atoms with Gasteiger partial charge in [0.25, 0.3) is 0 Å². The number of rotatable bonds is 6. The first kappa shape index (κ1) is 16.6. The van der Waals surface area contributed by atoms with Gasteiger partial charge in [-0.3, -0.25) is 0 Å². The smallest absolute Gasteiger partial charge is 0.123 e. The fraction of sp³-hybridized carbons (Fsp3) is 0.250. The number of hydrogen-bond acceptors (Lipinski definition) is 2. The largest absolute Gasteiger partial charge is 0.316 e. The van der Waals surface area contributed by atoms with Crippen LogP contribution in [-0.4, -0.2) is 18.8 Å². The molecule has 0 aliphatic rings. The van der Waals surface area contributed by atoms with Crippen molar-refractivity contribution in [2.75, 3.05) is 12.8 Å². The van der Waals surface area contributed by atoms with Crippen LogP contribution in [0.15, 0.2) is 47.4 Å². The van der Waals surface area contributed by atoms with Crippen molar-refractivity contribution in [2.24, 2.45) is 0 Å². The van der Waals surface area contributed by atoms with Gasteiger partial charge < -0.3 is 5.32 Å². The van der Waals surface area contributed by atoms with Crippen LogP contribution in [0.3, 0.4) is 0 Å². The molecule has 0 spiro atoms. The van der Waals surface area contributed by atoms with Crippen LogP contribution in [0.25, 0.3) is 0 Å². The molecule has 0 aliphatic carbocycles. The van der Waals surface area contributed by atoms with Crippen LogP contribution in [-0.2, 0) is 6.42 Å². The molecule has 0 fully saturated rings. The lowest BCUT2D eigenvalue weighted by molar-refractivity contribution is 0.603. The number of nitrogens with one attached hydrogen (secondary N) is 1. The van der Waals surface area contributed by atoms with E-state index in [0.29, 0.717) is 11.4 Å². The molecule has 2 aromatic carbocycles. The molecule has 1 unspecified atom stereocenters. The summed E-state index contributed by atoms with van der Waals surface area (Å²) in [6.45, 7) is 0. The third kappa shape index (κ3) is 4.89. The van der Waals surface area contributed by atoms with E-state index in [1.807, 2.05) is 31.3 Å². The number of hydrogen-bond donors (Lipinski definition) is 1. The number of thioether (sulfide) groups is 1. The Kier molecular flexibility index (Phi) is 6.37. The summed E-state index contributed by atoms with van der Waals surface area (Å²) in [6.07, 6.45) is 0.671. The van der Waals surface area contributed by atoms with Gasteiger partial charge in [-0.1, -0.05) is 35.3 Å². The van der Waals surface area contributed by atoms with Crippen molar-refractivity contribution in [3.8, 4) is 0 Å². The van der Waals surface area contributed by atoms with Gasteiger partial charge in [0.1, 0.15) is 5.82 Å². The van der Waals surface area contributed by atoms with E-state index in [9.17, 15) is 4.39 Å². The quantitative estimate of drug-likeness (QED) is 0.736. The number of likely N-dealkylation sites (N-methyl/N-ethyl adjacent to an activating group) is 1. The van der Waals surface area contributed by atoms with E-state index < -0.39 is 0 Å². The minimum absolute atomic E-state index is 0.186. The molecule has 0 saturated heterocycles. The zero-order chi connectivity index (χ0) is 15.2. The highest BCUT2D eigenvalue weighted by atomic mass is 35.5. The van der Waals surface area contributed by atoms with E-state index in [0.717, 1.165) is 21.2 Å². The molecule has 0 heterocycles. The second-order valence-electron chi connectivity index (χ2n) is 4.67. The second kappa shape index (κ2) is 8.04. The van der Waals surface area contributed by atoms with E-state index >= 15 is 0 Å². The van der Waals surface area contributed by atoms with E-state index in [4.69, 9.17) is 23.2 Å². The fourth-order valence-corrected chi connectivity index (χ4v) is 3.50. The van der Waals surface area contributed by atoms with E-state index in [2.05, 4.69) is 5.32 Å². The molecule has 1 nitrogen and oxygen atoms in total. The van der Waals surface area contributed by atoms with Gasteiger partial charge in [0.05, 0.1) is 5.02 Å². The van der Waals surface area contributed by atoms with Gasteiger partial charge in [-0.05, 0) is 49.4 Å². The maximum absolute atomic E-state index is 13.3. The Morgan fingerprint density at radius 3 is 2.62 bits per heavy atom. The highest BCUT2D eigenvalue weighted by Crippen LogP contribution is 2.28. The number of benzene rings is 2. The topological polar surface area (TPSA) is 12.0 Å². The molecule has 21 heavy (non-hydrogen) atoms. The molecule has 2 rings (SSSR count). The molecule has 0 bridgehead atoms. The van der Waals surface area contributed by atoms with Gasteiger partial charge in [-0.15, -0.1) is 11.8 Å². The first-order chi connectivity index (χ1) is 10.1. The predicted octanol–water partition coefficient (Wildman–Crippen LogP) is 5.06. The molecule has 1 atom stereocenters. The molecule has 112 valence electrons. The highest BCUT2D eigenvalue weighted by molar-refractivity contribution is 7.99. The predicted molar refractivity (Wildman–Crippen MR) is 90.1 cm³/mol.